The molecule has 0 aliphatic carbocycles. The number of hydrogen-bond acceptors (Lipinski definition) is 5. The zero-order chi connectivity index (χ0) is 34.2. The Labute approximate surface area is 281 Å². The van der Waals surface area contributed by atoms with E-state index in [1.54, 1.807) is 67.2 Å². The first-order valence-corrected chi connectivity index (χ1v) is 16.1. The molecule has 244 valence electrons. The second-order valence-electron chi connectivity index (χ2n) is 10.9. The predicted octanol–water partition coefficient (Wildman–Crippen LogP) is 6.54. The third kappa shape index (κ3) is 7.99. The molecule has 0 fully saturated rings. The lowest BCUT2D eigenvalue weighted by Gasteiger charge is -2.15. The van der Waals surface area contributed by atoms with E-state index in [2.05, 4.69) is 16.0 Å². The van der Waals surface area contributed by atoms with Gasteiger partial charge in [0.05, 0.1) is 16.6 Å². The minimum absolute atomic E-state index is 0.0429. The highest BCUT2D eigenvalue weighted by molar-refractivity contribution is 8.00. The number of halogens is 1. The van der Waals surface area contributed by atoms with Crippen LogP contribution in [0.4, 0.5) is 15.8 Å². The molecular formula is C37H34FN5O4S. The average Bonchev–Trinajstić information content (AvgIpc) is 3.31. The molecule has 0 aliphatic rings. The summed E-state index contributed by atoms with van der Waals surface area (Å²) in [5, 5.41) is 7.78. The van der Waals surface area contributed by atoms with Gasteiger partial charge in [-0.25, -0.2) is 9.07 Å². The van der Waals surface area contributed by atoms with Crippen molar-refractivity contribution in [3.63, 3.8) is 0 Å². The molecule has 1 heterocycles. The quantitative estimate of drug-likeness (QED) is 0.110. The van der Waals surface area contributed by atoms with Gasteiger partial charge in [0, 0.05) is 23.2 Å². The number of carbonyl (C=O) groups excluding carboxylic acids is 3. The van der Waals surface area contributed by atoms with Crippen LogP contribution in [0.1, 0.15) is 35.0 Å². The Morgan fingerprint density at radius 2 is 1.54 bits per heavy atom. The van der Waals surface area contributed by atoms with Crippen LogP contribution in [0.5, 0.6) is 0 Å². The van der Waals surface area contributed by atoms with Crippen molar-refractivity contribution >= 4 is 46.9 Å². The minimum Gasteiger partial charge on any atom is -0.321 e. The van der Waals surface area contributed by atoms with Crippen molar-refractivity contribution in [1.82, 2.24) is 14.7 Å². The molecule has 1 aromatic heterocycles. The highest BCUT2D eigenvalue weighted by Crippen LogP contribution is 2.29. The molecule has 5 rings (SSSR count). The Morgan fingerprint density at radius 3 is 2.21 bits per heavy atom. The molecule has 1 unspecified atom stereocenters. The summed E-state index contributed by atoms with van der Waals surface area (Å²) in [4.78, 5) is 53.9. The summed E-state index contributed by atoms with van der Waals surface area (Å²) in [7, 11) is 1.76. The molecule has 0 bridgehead atoms. The van der Waals surface area contributed by atoms with Gasteiger partial charge in [-0.15, -0.1) is 11.8 Å². The third-order valence-electron chi connectivity index (χ3n) is 7.55. The number of nitrogens with one attached hydrogen (secondary N) is 3. The fraction of sp³-hybridized carbons (Fsp3) is 0.135. The van der Waals surface area contributed by atoms with Crippen LogP contribution in [0, 0.1) is 12.7 Å². The zero-order valence-corrected chi connectivity index (χ0v) is 27.4. The van der Waals surface area contributed by atoms with Crippen LogP contribution < -0.4 is 21.5 Å². The summed E-state index contributed by atoms with van der Waals surface area (Å²) in [5.41, 5.74) is 2.45. The average molecular weight is 664 g/mol. The van der Waals surface area contributed by atoms with Crippen molar-refractivity contribution in [2.24, 2.45) is 7.05 Å². The molecule has 11 heteroatoms. The lowest BCUT2D eigenvalue weighted by molar-refractivity contribution is -0.116. The van der Waals surface area contributed by atoms with Crippen LogP contribution in [0.2, 0.25) is 0 Å². The second-order valence-corrected chi connectivity index (χ2v) is 12.1. The highest BCUT2D eigenvalue weighted by Gasteiger charge is 2.24. The molecule has 9 nitrogen and oxygen atoms in total. The number of hydrogen-bond donors (Lipinski definition) is 3. The monoisotopic (exact) mass is 663 g/mol. The van der Waals surface area contributed by atoms with Gasteiger partial charge in [-0.1, -0.05) is 61.5 Å². The van der Waals surface area contributed by atoms with Crippen LogP contribution in [-0.2, 0) is 16.6 Å². The van der Waals surface area contributed by atoms with E-state index in [9.17, 15) is 23.6 Å². The number of amides is 3. The molecule has 0 saturated carbocycles. The van der Waals surface area contributed by atoms with Crippen LogP contribution in [0.25, 0.3) is 11.8 Å². The van der Waals surface area contributed by atoms with E-state index in [0.29, 0.717) is 39.5 Å². The zero-order valence-electron chi connectivity index (χ0n) is 26.6. The van der Waals surface area contributed by atoms with Crippen LogP contribution in [0.15, 0.2) is 125 Å². The molecular weight excluding hydrogens is 630 g/mol. The number of nitrogens with zero attached hydrogens (tertiary/aromatic N) is 2. The topological polar surface area (TPSA) is 114 Å². The van der Waals surface area contributed by atoms with Gasteiger partial charge in [0.1, 0.15) is 17.2 Å². The van der Waals surface area contributed by atoms with E-state index in [1.165, 1.54) is 46.8 Å². The van der Waals surface area contributed by atoms with Gasteiger partial charge in [-0.3, -0.25) is 23.9 Å². The van der Waals surface area contributed by atoms with Crippen molar-refractivity contribution in [2.75, 3.05) is 10.6 Å². The number of carbonyl (C=O) groups is 3. The maximum atomic E-state index is 13.5. The normalized spacial score (nSPS) is 11.9. The van der Waals surface area contributed by atoms with E-state index < -0.39 is 22.9 Å². The fourth-order valence-corrected chi connectivity index (χ4v) is 5.93. The van der Waals surface area contributed by atoms with Gasteiger partial charge >= 0.3 is 0 Å². The first-order chi connectivity index (χ1) is 23.1. The van der Waals surface area contributed by atoms with Gasteiger partial charge in [0.25, 0.3) is 17.4 Å². The summed E-state index contributed by atoms with van der Waals surface area (Å²) in [5.74, 6) is -1.83. The lowest BCUT2D eigenvalue weighted by Crippen LogP contribution is -2.30. The fourth-order valence-electron chi connectivity index (χ4n) is 4.92. The van der Waals surface area contributed by atoms with Crippen LogP contribution in [0.3, 0.4) is 0 Å². The predicted molar refractivity (Wildman–Crippen MR) is 188 cm³/mol. The van der Waals surface area contributed by atoms with Crippen molar-refractivity contribution < 1.29 is 18.8 Å². The maximum Gasteiger partial charge on any atom is 0.295 e. The molecule has 0 aliphatic heterocycles. The SMILES string of the molecule is CCC(Sc1cccc(NC(=O)/C(=C\c2ccc(F)cc2)NC(=O)c2ccccc2)c1)C(=O)Nc1c(C)n(C)n(-c2ccccc2)c1=O. The van der Waals surface area contributed by atoms with E-state index in [0.717, 1.165) is 0 Å². The number of rotatable bonds is 11. The van der Waals surface area contributed by atoms with E-state index in [4.69, 9.17) is 0 Å². The van der Waals surface area contributed by atoms with E-state index >= 15 is 0 Å². The number of thioether (sulfide) groups is 1. The van der Waals surface area contributed by atoms with Crippen molar-refractivity contribution in [1.29, 1.82) is 0 Å². The molecule has 3 amide bonds. The lowest BCUT2D eigenvalue weighted by atomic mass is 10.1. The summed E-state index contributed by atoms with van der Waals surface area (Å²) >= 11 is 1.30. The number of benzene rings is 4. The third-order valence-corrected chi connectivity index (χ3v) is 8.90. The second kappa shape index (κ2) is 15.3. The number of aromatic nitrogens is 2. The summed E-state index contributed by atoms with van der Waals surface area (Å²) in [6, 6.07) is 30.2. The largest absolute Gasteiger partial charge is 0.321 e. The number of para-hydroxylation sites is 1. The summed E-state index contributed by atoms with van der Waals surface area (Å²) in [6.45, 7) is 3.66. The maximum absolute atomic E-state index is 13.5. The Kier molecular flexibility index (Phi) is 10.7. The molecule has 4 aromatic carbocycles. The summed E-state index contributed by atoms with van der Waals surface area (Å²) in [6.07, 6.45) is 1.94. The van der Waals surface area contributed by atoms with Crippen LogP contribution >= 0.6 is 11.8 Å². The molecule has 1 atom stereocenters. The molecule has 0 radical (unpaired) electrons. The Bertz CT molecular complexity index is 2020. The Hall–Kier alpha value is -5.68. The molecule has 0 spiro atoms. The minimum atomic E-state index is -0.593. The molecule has 5 aromatic rings. The molecule has 0 saturated heterocycles. The van der Waals surface area contributed by atoms with Gasteiger partial charge in [-0.05, 0) is 79.6 Å². The van der Waals surface area contributed by atoms with Gasteiger partial charge in [-0.2, -0.15) is 0 Å². The van der Waals surface area contributed by atoms with E-state index in [-0.39, 0.29) is 22.9 Å². The van der Waals surface area contributed by atoms with Gasteiger partial charge in [0.2, 0.25) is 5.91 Å². The van der Waals surface area contributed by atoms with Gasteiger partial charge < -0.3 is 16.0 Å². The van der Waals surface area contributed by atoms with Crippen LogP contribution in [-0.4, -0.2) is 32.3 Å². The smallest absolute Gasteiger partial charge is 0.295 e. The standard InChI is InChI=1S/C37H34FN5O4S/c1-4-32(36(46)41-33-24(2)42(3)43(37(33)47)29-15-9-6-10-16-29)48-30-17-11-14-28(23-30)39-35(45)31(22-25-18-20-27(38)21-19-25)40-34(44)26-12-7-5-8-13-26/h5-23,32H,4H2,1-3H3,(H,39,45)(H,40,44)(H,41,46)/b31-22+. The van der Waals surface area contributed by atoms with Crippen molar-refractivity contribution in [3.05, 3.63) is 148 Å². The summed E-state index contributed by atoms with van der Waals surface area (Å²) < 4.78 is 16.7. The Morgan fingerprint density at radius 1 is 0.875 bits per heavy atom. The Balaban J connectivity index is 1.32. The van der Waals surface area contributed by atoms with Crippen molar-refractivity contribution in [3.8, 4) is 5.69 Å². The number of anilines is 2. The first kappa shape index (κ1) is 33.7. The highest BCUT2D eigenvalue weighted by atomic mass is 32.2. The van der Waals surface area contributed by atoms with Crippen molar-refractivity contribution in [2.45, 2.75) is 30.4 Å². The molecule has 3 N–H and O–H groups in total. The molecule has 48 heavy (non-hydrogen) atoms. The first-order valence-electron chi connectivity index (χ1n) is 15.2. The van der Waals surface area contributed by atoms with E-state index in [1.807, 2.05) is 43.3 Å². The van der Waals surface area contributed by atoms with Gasteiger partial charge in [0.15, 0.2) is 0 Å².